The first-order valence-electron chi connectivity index (χ1n) is 6.31. The van der Waals surface area contributed by atoms with Crippen LogP contribution >= 0.6 is 11.3 Å². The maximum absolute atomic E-state index is 6.27. The number of aromatic amines is 1. The van der Waals surface area contributed by atoms with Gasteiger partial charge in [0.1, 0.15) is 21.2 Å². The van der Waals surface area contributed by atoms with Crippen LogP contribution in [0.15, 0.2) is 24.5 Å². The van der Waals surface area contributed by atoms with Crippen LogP contribution in [0.5, 0.6) is 0 Å². The first kappa shape index (κ1) is 11.1. The third-order valence-electron chi connectivity index (χ3n) is 3.69. The molecule has 3 N–H and O–H groups in total. The lowest BCUT2D eigenvalue weighted by molar-refractivity contribution is 0.240. The third-order valence-corrected chi connectivity index (χ3v) is 4.70. The van der Waals surface area contributed by atoms with Crippen molar-refractivity contribution < 1.29 is 0 Å². The monoisotopic (exact) mass is 271 g/mol. The molecule has 3 heterocycles. The fraction of sp³-hybridized carbons (Fsp3) is 0.308. The van der Waals surface area contributed by atoms with Crippen molar-refractivity contribution in [1.29, 1.82) is 0 Å². The van der Waals surface area contributed by atoms with E-state index in [0.717, 1.165) is 39.7 Å². The average Bonchev–Trinajstić information content (AvgIpc) is 3.02. The lowest BCUT2D eigenvalue weighted by atomic mass is 9.77. The maximum Gasteiger partial charge on any atom is 0.144 e. The molecule has 6 heteroatoms. The van der Waals surface area contributed by atoms with E-state index in [2.05, 4.69) is 19.9 Å². The summed E-state index contributed by atoms with van der Waals surface area (Å²) in [7, 11) is 0. The van der Waals surface area contributed by atoms with Gasteiger partial charge in [-0.3, -0.25) is 0 Å². The van der Waals surface area contributed by atoms with Gasteiger partial charge >= 0.3 is 0 Å². The Bertz CT molecular complexity index is 707. The number of nitrogens with two attached hydrogens (primary N) is 1. The molecule has 0 amide bonds. The van der Waals surface area contributed by atoms with E-state index in [1.165, 1.54) is 6.42 Å². The van der Waals surface area contributed by atoms with E-state index in [4.69, 9.17) is 5.73 Å². The van der Waals surface area contributed by atoms with Gasteiger partial charge in [-0.1, -0.05) is 11.3 Å². The number of nitrogens with zero attached hydrogens (tertiary/aromatic N) is 3. The van der Waals surface area contributed by atoms with Crippen LogP contribution in [0.1, 0.15) is 25.1 Å². The molecule has 0 spiro atoms. The number of rotatable bonds is 2. The zero-order valence-corrected chi connectivity index (χ0v) is 11.1. The first-order valence-corrected chi connectivity index (χ1v) is 7.13. The average molecular weight is 271 g/mol. The Morgan fingerprint density at radius 1 is 1.32 bits per heavy atom. The van der Waals surface area contributed by atoms with Crippen molar-refractivity contribution in [2.75, 3.05) is 0 Å². The molecule has 0 bridgehead atoms. The fourth-order valence-electron chi connectivity index (χ4n) is 2.36. The minimum atomic E-state index is -0.257. The van der Waals surface area contributed by atoms with Gasteiger partial charge in [0, 0.05) is 6.20 Å². The summed E-state index contributed by atoms with van der Waals surface area (Å²) in [6, 6.07) is 3.86. The molecule has 0 radical (unpaired) electrons. The highest BCUT2D eigenvalue weighted by Crippen LogP contribution is 2.38. The molecule has 0 aromatic carbocycles. The SMILES string of the molecule is NC1(c2ncc(-c3nc4cccnc4s3)[nH]2)CCC1. The maximum atomic E-state index is 6.27. The highest BCUT2D eigenvalue weighted by atomic mass is 32.1. The first-order chi connectivity index (χ1) is 9.24. The third kappa shape index (κ3) is 1.67. The number of hydrogen-bond donors (Lipinski definition) is 2. The molecule has 19 heavy (non-hydrogen) atoms. The molecule has 0 aliphatic heterocycles. The summed E-state index contributed by atoms with van der Waals surface area (Å²) in [5, 5.41) is 0.912. The van der Waals surface area contributed by atoms with Crippen molar-refractivity contribution in [1.82, 2.24) is 19.9 Å². The number of thiazole rings is 1. The summed E-state index contributed by atoms with van der Waals surface area (Å²) in [5.74, 6) is 0.876. The van der Waals surface area contributed by atoms with Gasteiger partial charge in [-0.05, 0) is 31.4 Å². The van der Waals surface area contributed by atoms with E-state index >= 15 is 0 Å². The Morgan fingerprint density at radius 2 is 2.21 bits per heavy atom. The number of imidazole rings is 1. The molecule has 0 saturated heterocycles. The minimum absolute atomic E-state index is 0.257. The van der Waals surface area contributed by atoms with Crippen LogP contribution in [0.4, 0.5) is 0 Å². The molecule has 0 unspecified atom stereocenters. The summed E-state index contributed by atoms with van der Waals surface area (Å²) in [6.07, 6.45) is 6.78. The van der Waals surface area contributed by atoms with Gasteiger partial charge in [0.05, 0.1) is 17.4 Å². The molecule has 96 valence electrons. The largest absolute Gasteiger partial charge is 0.338 e. The molecule has 4 rings (SSSR count). The Kier molecular flexibility index (Phi) is 2.24. The second-order valence-electron chi connectivity index (χ2n) is 5.00. The van der Waals surface area contributed by atoms with Crippen molar-refractivity contribution >= 4 is 21.7 Å². The quantitative estimate of drug-likeness (QED) is 0.750. The van der Waals surface area contributed by atoms with Crippen LogP contribution in [0.3, 0.4) is 0 Å². The Morgan fingerprint density at radius 3 is 2.95 bits per heavy atom. The second kappa shape index (κ2) is 3.85. The zero-order valence-electron chi connectivity index (χ0n) is 10.3. The smallest absolute Gasteiger partial charge is 0.144 e. The van der Waals surface area contributed by atoms with Crippen LogP contribution in [0.25, 0.3) is 21.0 Å². The van der Waals surface area contributed by atoms with Crippen molar-refractivity contribution in [2.45, 2.75) is 24.8 Å². The highest BCUT2D eigenvalue weighted by molar-refractivity contribution is 7.21. The Labute approximate surface area is 113 Å². The normalized spacial score (nSPS) is 17.5. The lowest BCUT2D eigenvalue weighted by Crippen LogP contribution is -2.44. The van der Waals surface area contributed by atoms with Crippen LogP contribution in [0.2, 0.25) is 0 Å². The van der Waals surface area contributed by atoms with Gasteiger partial charge in [-0.25, -0.2) is 15.0 Å². The molecule has 1 aliphatic rings. The molecule has 5 nitrogen and oxygen atoms in total. The van der Waals surface area contributed by atoms with Gasteiger partial charge < -0.3 is 10.7 Å². The van der Waals surface area contributed by atoms with Gasteiger partial charge in [0.25, 0.3) is 0 Å². The van der Waals surface area contributed by atoms with Crippen LogP contribution in [-0.4, -0.2) is 19.9 Å². The van der Waals surface area contributed by atoms with Gasteiger partial charge in [-0.2, -0.15) is 0 Å². The summed E-state index contributed by atoms with van der Waals surface area (Å²) in [5.41, 5.74) is 7.86. The zero-order chi connectivity index (χ0) is 12.9. The topological polar surface area (TPSA) is 80.5 Å². The molecule has 1 fully saturated rings. The molecular weight excluding hydrogens is 258 g/mol. The van der Waals surface area contributed by atoms with Crippen molar-refractivity contribution in [3.8, 4) is 10.7 Å². The summed E-state index contributed by atoms with van der Waals surface area (Å²) in [4.78, 5) is 17.6. The predicted molar refractivity (Wildman–Crippen MR) is 74.7 cm³/mol. The lowest BCUT2D eigenvalue weighted by Gasteiger charge is -2.35. The van der Waals surface area contributed by atoms with Crippen LogP contribution < -0.4 is 5.73 Å². The number of H-pyrrole nitrogens is 1. The molecule has 1 saturated carbocycles. The van der Waals surface area contributed by atoms with Gasteiger partial charge in [0.15, 0.2) is 0 Å². The predicted octanol–water partition coefficient (Wildman–Crippen LogP) is 2.42. The van der Waals surface area contributed by atoms with E-state index in [1.54, 1.807) is 17.5 Å². The molecule has 0 atom stereocenters. The molecule has 1 aliphatic carbocycles. The summed E-state index contributed by atoms with van der Waals surface area (Å²) >= 11 is 1.57. The minimum Gasteiger partial charge on any atom is -0.338 e. The van der Waals surface area contributed by atoms with Crippen molar-refractivity contribution in [3.05, 3.63) is 30.4 Å². The Hall–Kier alpha value is -1.79. The van der Waals surface area contributed by atoms with E-state index < -0.39 is 0 Å². The van der Waals surface area contributed by atoms with Crippen molar-refractivity contribution in [3.63, 3.8) is 0 Å². The van der Waals surface area contributed by atoms with Crippen LogP contribution in [0, 0.1) is 0 Å². The highest BCUT2D eigenvalue weighted by Gasteiger charge is 2.37. The van der Waals surface area contributed by atoms with E-state index in [-0.39, 0.29) is 5.54 Å². The standard InChI is InChI=1S/C13H13N5S/c14-13(4-2-5-13)12-16-7-9(18-12)11-17-8-3-1-6-15-10(8)19-11/h1,3,6-7H,2,4-5,14H2,(H,16,18). The Balaban J connectivity index is 1.75. The molecular formula is C13H13N5S. The fourth-order valence-corrected chi connectivity index (χ4v) is 3.24. The number of nitrogens with one attached hydrogen (secondary N) is 1. The second-order valence-corrected chi connectivity index (χ2v) is 5.98. The number of hydrogen-bond acceptors (Lipinski definition) is 5. The van der Waals surface area contributed by atoms with Crippen LogP contribution in [-0.2, 0) is 5.54 Å². The van der Waals surface area contributed by atoms with Crippen molar-refractivity contribution in [2.24, 2.45) is 5.73 Å². The number of fused-ring (bicyclic) bond motifs is 1. The van der Waals surface area contributed by atoms with E-state index in [0.29, 0.717) is 0 Å². The summed E-state index contributed by atoms with van der Waals surface area (Å²) < 4.78 is 0. The number of aromatic nitrogens is 4. The molecule has 3 aromatic heterocycles. The number of pyridine rings is 1. The van der Waals surface area contributed by atoms with E-state index in [9.17, 15) is 0 Å². The summed E-state index contributed by atoms with van der Waals surface area (Å²) in [6.45, 7) is 0. The van der Waals surface area contributed by atoms with Gasteiger partial charge in [0.2, 0.25) is 0 Å². The van der Waals surface area contributed by atoms with Gasteiger partial charge in [-0.15, -0.1) is 0 Å². The molecule has 3 aromatic rings. The van der Waals surface area contributed by atoms with E-state index in [1.807, 2.05) is 18.3 Å².